The van der Waals surface area contributed by atoms with Gasteiger partial charge in [0.25, 0.3) is 5.91 Å². The highest BCUT2D eigenvalue weighted by Gasteiger charge is 2.26. The van der Waals surface area contributed by atoms with Crippen molar-refractivity contribution in [1.29, 1.82) is 0 Å². The Morgan fingerprint density at radius 3 is 2.70 bits per heavy atom. The molecule has 114 valence electrons. The van der Waals surface area contributed by atoms with Gasteiger partial charge in [0.2, 0.25) is 0 Å². The molecule has 0 aliphatic rings. The molecule has 0 unspecified atom stereocenters. The molecule has 0 saturated carbocycles. The average Bonchev–Trinajstić information content (AvgIpc) is 2.72. The predicted octanol–water partition coefficient (Wildman–Crippen LogP) is 2.62. The molecule has 9 heteroatoms. The van der Waals surface area contributed by atoms with Crippen LogP contribution in [0.2, 0.25) is 0 Å². The van der Waals surface area contributed by atoms with Crippen LogP contribution in [-0.4, -0.2) is 30.2 Å². The van der Waals surface area contributed by atoms with Gasteiger partial charge in [-0.25, -0.2) is 4.98 Å². The Hall–Kier alpha value is -1.51. The fraction of sp³-hybridized carbons (Fsp3) is 0.636. The fourth-order valence-corrected chi connectivity index (χ4v) is 2.20. The molecule has 0 atom stereocenters. The number of thiazole rings is 1. The Balaban J connectivity index is 2.45. The molecule has 0 aliphatic heterocycles. The molecular weight excluding hydrogens is 293 g/mol. The van der Waals surface area contributed by atoms with Gasteiger partial charge in [0.15, 0.2) is 5.13 Å². The lowest BCUT2D eigenvalue weighted by Crippen LogP contribution is -2.25. The maximum Gasteiger partial charge on any atom is 0.389 e. The van der Waals surface area contributed by atoms with Gasteiger partial charge < -0.3 is 16.4 Å². The van der Waals surface area contributed by atoms with E-state index in [9.17, 15) is 18.0 Å². The quantitative estimate of drug-likeness (QED) is 0.676. The number of alkyl halides is 3. The zero-order valence-corrected chi connectivity index (χ0v) is 11.8. The zero-order chi connectivity index (χ0) is 15.2. The Bertz CT molecular complexity index is 447. The van der Waals surface area contributed by atoms with E-state index in [1.165, 1.54) is 0 Å². The number of nitrogens with zero attached hydrogens (tertiary/aromatic N) is 1. The summed E-state index contributed by atoms with van der Waals surface area (Å²) in [4.78, 5) is 15.9. The van der Waals surface area contributed by atoms with Crippen molar-refractivity contribution in [1.82, 2.24) is 10.3 Å². The molecule has 0 fully saturated rings. The molecule has 0 radical (unpaired) electrons. The normalized spacial score (nSPS) is 11.4. The Kier molecular flexibility index (Phi) is 6.05. The number of nitrogens with one attached hydrogen (secondary N) is 2. The minimum Gasteiger partial charge on any atom is -0.382 e. The molecule has 0 aromatic carbocycles. The lowest BCUT2D eigenvalue weighted by atomic mass is 10.3. The van der Waals surface area contributed by atoms with Gasteiger partial charge in [-0.1, -0.05) is 18.3 Å². The number of aromatic nitrogens is 1. The van der Waals surface area contributed by atoms with E-state index in [0.717, 1.165) is 17.8 Å². The summed E-state index contributed by atoms with van der Waals surface area (Å²) in [5.41, 5.74) is 5.61. The highest BCUT2D eigenvalue weighted by molar-refractivity contribution is 7.18. The third-order valence-corrected chi connectivity index (χ3v) is 3.34. The molecule has 0 bridgehead atoms. The summed E-state index contributed by atoms with van der Waals surface area (Å²) in [6.07, 6.45) is -4.38. The number of hydrogen-bond acceptors (Lipinski definition) is 5. The van der Waals surface area contributed by atoms with Gasteiger partial charge in [-0.2, -0.15) is 13.2 Å². The monoisotopic (exact) mass is 310 g/mol. The number of hydrogen-bond donors (Lipinski definition) is 3. The molecule has 0 spiro atoms. The summed E-state index contributed by atoms with van der Waals surface area (Å²) in [6.45, 7) is 2.64. The van der Waals surface area contributed by atoms with Crippen molar-refractivity contribution < 1.29 is 18.0 Å². The predicted molar refractivity (Wildman–Crippen MR) is 72.9 cm³/mol. The van der Waals surface area contributed by atoms with Gasteiger partial charge >= 0.3 is 6.18 Å². The second-order valence-corrected chi connectivity index (χ2v) is 5.13. The lowest BCUT2D eigenvalue weighted by Gasteiger charge is -2.06. The number of nitrogen functional groups attached to an aromatic ring is 1. The van der Waals surface area contributed by atoms with Crippen LogP contribution in [0.4, 0.5) is 24.1 Å². The summed E-state index contributed by atoms with van der Waals surface area (Å²) in [5, 5.41) is 5.93. The summed E-state index contributed by atoms with van der Waals surface area (Å²) < 4.78 is 35.8. The van der Waals surface area contributed by atoms with E-state index in [1.54, 1.807) is 0 Å². The highest BCUT2D eigenvalue weighted by Crippen LogP contribution is 2.25. The number of carbonyl (C=O) groups is 1. The largest absolute Gasteiger partial charge is 0.389 e. The SMILES string of the molecule is CCCNc1nc(N)c(C(=O)NCCCC(F)(F)F)s1. The second-order valence-electron chi connectivity index (χ2n) is 4.13. The summed E-state index contributed by atoms with van der Waals surface area (Å²) in [5.74, 6) is -0.409. The minimum atomic E-state index is -4.20. The molecule has 5 nitrogen and oxygen atoms in total. The lowest BCUT2D eigenvalue weighted by molar-refractivity contribution is -0.135. The van der Waals surface area contributed by atoms with Crippen LogP contribution in [-0.2, 0) is 0 Å². The smallest absolute Gasteiger partial charge is 0.382 e. The van der Waals surface area contributed by atoms with Crippen molar-refractivity contribution in [2.45, 2.75) is 32.4 Å². The van der Waals surface area contributed by atoms with Gasteiger partial charge in [0.1, 0.15) is 10.7 Å². The van der Waals surface area contributed by atoms with Gasteiger partial charge in [-0.05, 0) is 12.8 Å². The molecule has 1 aromatic heterocycles. The van der Waals surface area contributed by atoms with Crippen LogP contribution in [0.3, 0.4) is 0 Å². The van der Waals surface area contributed by atoms with Gasteiger partial charge in [0.05, 0.1) is 0 Å². The molecule has 0 saturated heterocycles. The van der Waals surface area contributed by atoms with Gasteiger partial charge in [-0.3, -0.25) is 4.79 Å². The van der Waals surface area contributed by atoms with E-state index in [0.29, 0.717) is 11.7 Å². The maximum absolute atomic E-state index is 11.9. The van der Waals surface area contributed by atoms with Crippen LogP contribution in [0.5, 0.6) is 0 Å². The Labute approximate surface area is 118 Å². The van der Waals surface area contributed by atoms with Crippen molar-refractivity contribution >= 4 is 28.2 Å². The van der Waals surface area contributed by atoms with Crippen molar-refractivity contribution in [2.24, 2.45) is 0 Å². The van der Waals surface area contributed by atoms with E-state index in [2.05, 4.69) is 15.6 Å². The summed E-state index contributed by atoms with van der Waals surface area (Å²) in [7, 11) is 0. The maximum atomic E-state index is 11.9. The molecule has 1 aromatic rings. The second kappa shape index (κ2) is 7.32. The van der Waals surface area contributed by atoms with Crippen molar-refractivity contribution in [3.05, 3.63) is 4.88 Å². The standard InChI is InChI=1S/C11H17F3N4OS/c1-2-5-17-10-18-8(15)7(20-10)9(19)16-6-3-4-11(12,13)14/h2-6,15H2,1H3,(H,16,19)(H,17,18). The van der Waals surface area contributed by atoms with Crippen LogP contribution in [0.25, 0.3) is 0 Å². The Morgan fingerprint density at radius 2 is 2.10 bits per heavy atom. The van der Waals surface area contributed by atoms with Crippen LogP contribution >= 0.6 is 11.3 Å². The van der Waals surface area contributed by atoms with E-state index in [4.69, 9.17) is 5.73 Å². The molecule has 1 heterocycles. The van der Waals surface area contributed by atoms with Gasteiger partial charge in [-0.15, -0.1) is 0 Å². The third-order valence-electron chi connectivity index (χ3n) is 2.31. The average molecular weight is 310 g/mol. The van der Waals surface area contributed by atoms with Crippen LogP contribution < -0.4 is 16.4 Å². The first kappa shape index (κ1) is 16.5. The first-order valence-corrected chi connectivity index (χ1v) is 7.00. The number of nitrogens with two attached hydrogens (primary N) is 1. The Morgan fingerprint density at radius 1 is 1.40 bits per heavy atom. The van der Waals surface area contributed by atoms with E-state index < -0.39 is 18.5 Å². The molecule has 1 amide bonds. The van der Waals surface area contributed by atoms with Crippen molar-refractivity contribution in [3.8, 4) is 0 Å². The number of carbonyl (C=O) groups excluding carboxylic acids is 1. The van der Waals surface area contributed by atoms with Crippen molar-refractivity contribution in [2.75, 3.05) is 24.1 Å². The summed E-state index contributed by atoms with van der Waals surface area (Å²) >= 11 is 1.09. The molecule has 0 aliphatic carbocycles. The highest BCUT2D eigenvalue weighted by atomic mass is 32.1. The molecule has 1 rings (SSSR count). The molecule has 20 heavy (non-hydrogen) atoms. The van der Waals surface area contributed by atoms with Crippen LogP contribution in [0.15, 0.2) is 0 Å². The number of rotatable bonds is 7. The zero-order valence-electron chi connectivity index (χ0n) is 11.0. The fourth-order valence-electron chi connectivity index (χ4n) is 1.37. The van der Waals surface area contributed by atoms with Crippen LogP contribution in [0, 0.1) is 0 Å². The number of amides is 1. The molecule has 4 N–H and O–H groups in total. The van der Waals surface area contributed by atoms with E-state index >= 15 is 0 Å². The summed E-state index contributed by atoms with van der Waals surface area (Å²) in [6, 6.07) is 0. The third kappa shape index (κ3) is 5.64. The van der Waals surface area contributed by atoms with Gasteiger partial charge in [0, 0.05) is 19.5 Å². The minimum absolute atomic E-state index is 0.0482. The van der Waals surface area contributed by atoms with E-state index in [1.807, 2.05) is 6.92 Å². The molecular formula is C11H17F3N4OS. The number of halogens is 3. The van der Waals surface area contributed by atoms with Crippen molar-refractivity contribution in [3.63, 3.8) is 0 Å². The first-order chi connectivity index (χ1) is 9.33. The first-order valence-electron chi connectivity index (χ1n) is 6.18. The van der Waals surface area contributed by atoms with Crippen LogP contribution in [0.1, 0.15) is 35.9 Å². The topological polar surface area (TPSA) is 80.0 Å². The number of anilines is 2. The van der Waals surface area contributed by atoms with E-state index in [-0.39, 0.29) is 23.7 Å².